The summed E-state index contributed by atoms with van der Waals surface area (Å²) >= 11 is 1.72. The quantitative estimate of drug-likeness (QED) is 0.404. The number of aryl methyl sites for hydroxylation is 1. The molecule has 0 spiro atoms. The molecule has 0 saturated heterocycles. The Bertz CT molecular complexity index is 283. The standard InChI is InChI=1S/C9H14NO2S/c1-3-10-6-13-9(8(10)2)4-5-12-7-11/h6-7H,3-5H2,1-2H3/q+1. The Hall–Kier alpha value is -0.900. The lowest BCUT2D eigenvalue weighted by Crippen LogP contribution is -2.32. The van der Waals surface area contributed by atoms with Crippen molar-refractivity contribution in [3.63, 3.8) is 0 Å². The van der Waals surface area contributed by atoms with Crippen LogP contribution in [-0.4, -0.2) is 13.1 Å². The minimum atomic E-state index is 0.481. The molecule has 3 nitrogen and oxygen atoms in total. The van der Waals surface area contributed by atoms with Gasteiger partial charge in [-0.1, -0.05) is 11.3 Å². The van der Waals surface area contributed by atoms with Crippen molar-refractivity contribution in [3.8, 4) is 0 Å². The Morgan fingerprint density at radius 3 is 3.00 bits per heavy atom. The van der Waals surface area contributed by atoms with Gasteiger partial charge in [-0.3, -0.25) is 4.79 Å². The van der Waals surface area contributed by atoms with Crippen molar-refractivity contribution < 1.29 is 14.1 Å². The molecule has 0 N–H and O–H groups in total. The molecule has 4 heteroatoms. The minimum Gasteiger partial charge on any atom is -0.468 e. The van der Waals surface area contributed by atoms with Gasteiger partial charge in [-0.25, -0.2) is 0 Å². The van der Waals surface area contributed by atoms with E-state index in [0.29, 0.717) is 13.1 Å². The minimum absolute atomic E-state index is 0.481. The molecule has 0 saturated carbocycles. The van der Waals surface area contributed by atoms with Gasteiger partial charge in [-0.05, 0) is 6.92 Å². The Morgan fingerprint density at radius 2 is 2.46 bits per heavy atom. The van der Waals surface area contributed by atoms with Crippen LogP contribution in [0, 0.1) is 6.92 Å². The monoisotopic (exact) mass is 200 g/mol. The lowest BCUT2D eigenvalue weighted by atomic mass is 10.3. The lowest BCUT2D eigenvalue weighted by molar-refractivity contribution is -0.694. The van der Waals surface area contributed by atoms with Gasteiger partial charge >= 0.3 is 0 Å². The van der Waals surface area contributed by atoms with Crippen LogP contribution in [0.4, 0.5) is 0 Å². The zero-order valence-corrected chi connectivity index (χ0v) is 8.76. The smallest absolute Gasteiger partial charge is 0.293 e. The van der Waals surface area contributed by atoms with E-state index in [9.17, 15) is 4.79 Å². The van der Waals surface area contributed by atoms with Gasteiger partial charge in [0, 0.05) is 13.3 Å². The second-order valence-electron chi connectivity index (χ2n) is 2.73. The maximum atomic E-state index is 9.92. The van der Waals surface area contributed by atoms with Crippen LogP contribution in [-0.2, 0) is 22.5 Å². The summed E-state index contributed by atoms with van der Waals surface area (Å²) in [6, 6.07) is 0. The summed E-state index contributed by atoms with van der Waals surface area (Å²) in [7, 11) is 0. The number of carbonyl (C=O) groups excluding carboxylic acids is 1. The van der Waals surface area contributed by atoms with Crippen molar-refractivity contribution in [2.75, 3.05) is 6.61 Å². The van der Waals surface area contributed by atoms with E-state index in [1.807, 2.05) is 0 Å². The number of ether oxygens (including phenoxy) is 1. The molecule has 0 radical (unpaired) electrons. The van der Waals surface area contributed by atoms with Gasteiger partial charge in [0.1, 0.15) is 6.54 Å². The zero-order valence-electron chi connectivity index (χ0n) is 7.95. The fourth-order valence-corrected chi connectivity index (χ4v) is 2.25. The SMILES string of the molecule is CC[n+]1csc(CCOC=O)c1C. The van der Waals surface area contributed by atoms with Gasteiger partial charge in [0.15, 0.2) is 5.69 Å². The fourth-order valence-electron chi connectivity index (χ4n) is 1.20. The van der Waals surface area contributed by atoms with Crippen molar-refractivity contribution in [1.29, 1.82) is 0 Å². The fraction of sp³-hybridized carbons (Fsp3) is 0.556. The van der Waals surface area contributed by atoms with Crippen LogP contribution in [0.3, 0.4) is 0 Å². The average molecular weight is 200 g/mol. The molecule has 0 aromatic carbocycles. The van der Waals surface area contributed by atoms with E-state index in [2.05, 4.69) is 28.7 Å². The first-order chi connectivity index (χ1) is 6.29. The molecular weight excluding hydrogens is 186 g/mol. The van der Waals surface area contributed by atoms with Crippen LogP contribution in [0.1, 0.15) is 17.5 Å². The third-order valence-corrected chi connectivity index (χ3v) is 3.16. The Labute approximate surface area is 82.0 Å². The highest BCUT2D eigenvalue weighted by atomic mass is 32.1. The van der Waals surface area contributed by atoms with Crippen LogP contribution in [0.5, 0.6) is 0 Å². The maximum Gasteiger partial charge on any atom is 0.293 e. The number of thiazole rings is 1. The molecule has 0 aliphatic rings. The third kappa shape index (κ3) is 2.52. The molecule has 1 heterocycles. The molecule has 1 aromatic heterocycles. The highest BCUT2D eigenvalue weighted by Crippen LogP contribution is 2.11. The molecule has 0 bridgehead atoms. The van der Waals surface area contributed by atoms with Crippen molar-refractivity contribution in [2.45, 2.75) is 26.8 Å². The van der Waals surface area contributed by atoms with Crippen LogP contribution in [0.25, 0.3) is 0 Å². The van der Waals surface area contributed by atoms with Gasteiger partial charge in [0.05, 0.1) is 11.5 Å². The van der Waals surface area contributed by atoms with E-state index in [0.717, 1.165) is 13.0 Å². The number of carbonyl (C=O) groups is 1. The molecule has 13 heavy (non-hydrogen) atoms. The van der Waals surface area contributed by atoms with Crippen molar-refractivity contribution in [2.24, 2.45) is 0 Å². The number of aromatic nitrogens is 1. The second kappa shape index (κ2) is 4.97. The summed E-state index contributed by atoms with van der Waals surface area (Å²) in [6.45, 7) is 6.18. The van der Waals surface area contributed by atoms with Crippen LogP contribution in [0.2, 0.25) is 0 Å². The van der Waals surface area contributed by atoms with E-state index >= 15 is 0 Å². The molecule has 0 aliphatic heterocycles. The summed E-state index contributed by atoms with van der Waals surface area (Å²) in [5.74, 6) is 0. The summed E-state index contributed by atoms with van der Waals surface area (Å²) in [5, 5.41) is 0. The normalized spacial score (nSPS) is 10.0. The third-order valence-electron chi connectivity index (χ3n) is 2.01. The summed E-state index contributed by atoms with van der Waals surface area (Å²) in [6.07, 6.45) is 0.822. The number of nitrogens with zero attached hydrogens (tertiary/aromatic N) is 1. The molecular formula is C9H14NO2S+. The summed E-state index contributed by atoms with van der Waals surface area (Å²) in [4.78, 5) is 11.2. The highest BCUT2D eigenvalue weighted by Gasteiger charge is 2.12. The van der Waals surface area contributed by atoms with Crippen LogP contribution < -0.4 is 4.57 Å². The maximum absolute atomic E-state index is 9.92. The molecule has 0 fully saturated rings. The molecule has 0 amide bonds. The predicted octanol–water partition coefficient (Wildman–Crippen LogP) is 1.08. The second-order valence-corrected chi connectivity index (χ2v) is 3.67. The van der Waals surface area contributed by atoms with E-state index in [1.165, 1.54) is 10.6 Å². The van der Waals surface area contributed by atoms with Gasteiger partial charge in [0.25, 0.3) is 6.47 Å². The first-order valence-electron chi connectivity index (χ1n) is 4.31. The van der Waals surface area contributed by atoms with Crippen molar-refractivity contribution >= 4 is 17.8 Å². The molecule has 1 aromatic rings. The lowest BCUT2D eigenvalue weighted by Gasteiger charge is -1.95. The molecule has 0 unspecified atom stereocenters. The Balaban J connectivity index is 2.56. The molecule has 72 valence electrons. The van der Waals surface area contributed by atoms with E-state index in [1.54, 1.807) is 11.3 Å². The molecule has 0 aliphatic carbocycles. The van der Waals surface area contributed by atoms with Crippen LogP contribution >= 0.6 is 11.3 Å². The van der Waals surface area contributed by atoms with Crippen molar-refractivity contribution in [3.05, 3.63) is 16.1 Å². The van der Waals surface area contributed by atoms with Crippen molar-refractivity contribution in [1.82, 2.24) is 0 Å². The van der Waals surface area contributed by atoms with E-state index in [-0.39, 0.29) is 0 Å². The van der Waals surface area contributed by atoms with Gasteiger partial charge in [-0.15, -0.1) is 0 Å². The topological polar surface area (TPSA) is 30.2 Å². The first-order valence-corrected chi connectivity index (χ1v) is 5.19. The Kier molecular flexibility index (Phi) is 3.89. The van der Waals surface area contributed by atoms with Crippen LogP contribution in [0.15, 0.2) is 5.51 Å². The number of hydrogen-bond acceptors (Lipinski definition) is 3. The number of hydrogen-bond donors (Lipinski definition) is 0. The summed E-state index contributed by atoms with van der Waals surface area (Å²) < 4.78 is 6.85. The first kappa shape index (κ1) is 10.2. The van der Waals surface area contributed by atoms with Gasteiger partial charge in [-0.2, -0.15) is 4.57 Å². The average Bonchev–Trinajstić information content (AvgIpc) is 2.48. The largest absolute Gasteiger partial charge is 0.468 e. The summed E-state index contributed by atoms with van der Waals surface area (Å²) in [5.41, 5.74) is 3.38. The molecule has 1 rings (SSSR count). The zero-order chi connectivity index (χ0) is 9.68. The van der Waals surface area contributed by atoms with E-state index in [4.69, 9.17) is 0 Å². The predicted molar refractivity (Wildman–Crippen MR) is 50.6 cm³/mol. The van der Waals surface area contributed by atoms with E-state index < -0.39 is 0 Å². The highest BCUT2D eigenvalue weighted by molar-refractivity contribution is 7.09. The molecule has 0 atom stereocenters. The van der Waals surface area contributed by atoms with Gasteiger partial charge in [0.2, 0.25) is 5.51 Å². The Morgan fingerprint density at radius 1 is 1.69 bits per heavy atom. The number of rotatable bonds is 5. The van der Waals surface area contributed by atoms with Gasteiger partial charge < -0.3 is 4.74 Å².